The van der Waals surface area contributed by atoms with Crippen molar-refractivity contribution >= 4 is 16.6 Å². The predicted molar refractivity (Wildman–Crippen MR) is 152 cm³/mol. The Hall–Kier alpha value is -2.76. The number of rotatable bonds is 7. The zero-order valence-corrected chi connectivity index (χ0v) is 23.6. The van der Waals surface area contributed by atoms with Gasteiger partial charge in [-0.05, 0) is 85.3 Å². The number of anilines is 1. The first-order valence-electron chi connectivity index (χ1n) is 13.0. The molecule has 3 aromatic rings. The van der Waals surface area contributed by atoms with Crippen LogP contribution in [0.25, 0.3) is 22.0 Å². The van der Waals surface area contributed by atoms with Gasteiger partial charge in [0.1, 0.15) is 11.9 Å². The van der Waals surface area contributed by atoms with E-state index in [0.29, 0.717) is 6.04 Å². The van der Waals surface area contributed by atoms with Crippen LogP contribution in [0.1, 0.15) is 62.2 Å². The quantitative estimate of drug-likeness (QED) is 0.359. The van der Waals surface area contributed by atoms with E-state index in [9.17, 15) is 5.11 Å². The molecular formula is C31H43N3O2. The standard InChI is InChI=1S/C31H43N3O2/c1-19-11-13-24(14-12-19)27-25-17-20(2)34-21(3)18-33(16-15-32(9)10)28(29(25)34)22(4)26(27)30(23(5)35)36-31(6,7)8/h11-14,17,21,30,35H,5,15-16,18H2,1-4,6-10H3/t21?,30-/m1/s1. The lowest BCUT2D eigenvalue weighted by atomic mass is 9.86. The maximum absolute atomic E-state index is 10.9. The van der Waals surface area contributed by atoms with Crippen molar-refractivity contribution in [2.75, 3.05) is 38.6 Å². The minimum Gasteiger partial charge on any atom is -0.510 e. The van der Waals surface area contributed by atoms with Crippen LogP contribution in [0.3, 0.4) is 0 Å². The number of ether oxygens (including phenoxy) is 1. The van der Waals surface area contributed by atoms with E-state index < -0.39 is 11.7 Å². The number of aryl methyl sites for hydroxylation is 2. The van der Waals surface area contributed by atoms with Gasteiger partial charge in [-0.3, -0.25) is 0 Å². The Morgan fingerprint density at radius 3 is 2.36 bits per heavy atom. The highest BCUT2D eigenvalue weighted by molar-refractivity contribution is 6.07. The maximum atomic E-state index is 10.9. The molecule has 0 bridgehead atoms. The van der Waals surface area contributed by atoms with E-state index in [-0.39, 0.29) is 5.76 Å². The fourth-order valence-electron chi connectivity index (χ4n) is 5.70. The molecule has 0 fully saturated rings. The van der Waals surface area contributed by atoms with Crippen molar-refractivity contribution in [1.82, 2.24) is 9.47 Å². The summed E-state index contributed by atoms with van der Waals surface area (Å²) in [6, 6.07) is 11.4. The summed E-state index contributed by atoms with van der Waals surface area (Å²) in [7, 11) is 4.25. The van der Waals surface area contributed by atoms with Gasteiger partial charge < -0.3 is 24.2 Å². The molecule has 4 rings (SSSR count). The Morgan fingerprint density at radius 1 is 1.17 bits per heavy atom. The van der Waals surface area contributed by atoms with Crippen molar-refractivity contribution in [3.63, 3.8) is 0 Å². The Balaban J connectivity index is 2.13. The molecule has 0 aliphatic carbocycles. The fraction of sp³-hybridized carbons (Fsp3) is 0.484. The van der Waals surface area contributed by atoms with Crippen LogP contribution in [0, 0.1) is 20.8 Å². The smallest absolute Gasteiger partial charge is 0.140 e. The Morgan fingerprint density at radius 2 is 1.81 bits per heavy atom. The zero-order chi connectivity index (χ0) is 26.5. The minimum absolute atomic E-state index is 0.0353. The van der Waals surface area contributed by atoms with Gasteiger partial charge in [-0.1, -0.05) is 36.4 Å². The molecule has 5 heteroatoms. The van der Waals surface area contributed by atoms with Gasteiger partial charge >= 0.3 is 0 Å². The van der Waals surface area contributed by atoms with Crippen LogP contribution < -0.4 is 4.90 Å². The molecule has 1 aliphatic rings. The van der Waals surface area contributed by atoms with E-state index >= 15 is 0 Å². The summed E-state index contributed by atoms with van der Waals surface area (Å²) >= 11 is 0. The molecule has 2 aromatic carbocycles. The second kappa shape index (κ2) is 9.60. The summed E-state index contributed by atoms with van der Waals surface area (Å²) in [5.74, 6) is 0.0353. The molecule has 1 aromatic heterocycles. The van der Waals surface area contributed by atoms with Crippen LogP contribution in [0.4, 0.5) is 5.69 Å². The highest BCUT2D eigenvalue weighted by atomic mass is 16.5. The number of aliphatic hydroxyl groups is 1. The topological polar surface area (TPSA) is 40.9 Å². The van der Waals surface area contributed by atoms with Crippen molar-refractivity contribution in [1.29, 1.82) is 0 Å². The zero-order valence-electron chi connectivity index (χ0n) is 23.6. The maximum Gasteiger partial charge on any atom is 0.140 e. The third kappa shape index (κ3) is 4.79. The summed E-state index contributed by atoms with van der Waals surface area (Å²) in [5, 5.41) is 12.1. The number of aromatic nitrogens is 1. The number of likely N-dealkylation sites (N-methyl/N-ethyl adjacent to an activating group) is 1. The van der Waals surface area contributed by atoms with E-state index in [1.165, 1.54) is 27.8 Å². The summed E-state index contributed by atoms with van der Waals surface area (Å²) < 4.78 is 9.03. The highest BCUT2D eigenvalue weighted by Crippen LogP contribution is 2.50. The molecule has 2 heterocycles. The van der Waals surface area contributed by atoms with Crippen LogP contribution in [0.5, 0.6) is 0 Å². The number of aliphatic hydroxyl groups excluding tert-OH is 1. The van der Waals surface area contributed by atoms with Crippen LogP contribution in [0.15, 0.2) is 42.7 Å². The molecule has 0 amide bonds. The molecule has 0 saturated carbocycles. The van der Waals surface area contributed by atoms with Gasteiger partial charge in [0.05, 0.1) is 16.8 Å². The normalized spacial score (nSPS) is 16.7. The molecule has 2 atom stereocenters. The van der Waals surface area contributed by atoms with Crippen LogP contribution >= 0.6 is 0 Å². The summed E-state index contributed by atoms with van der Waals surface area (Å²) in [6.45, 7) is 21.7. The second-order valence-corrected chi connectivity index (χ2v) is 11.7. The van der Waals surface area contributed by atoms with Gasteiger partial charge in [0, 0.05) is 42.3 Å². The molecule has 0 radical (unpaired) electrons. The van der Waals surface area contributed by atoms with Crippen molar-refractivity contribution in [2.24, 2.45) is 0 Å². The molecule has 1 N–H and O–H groups in total. The average molecular weight is 490 g/mol. The SMILES string of the molecule is C=C(O)[C@@H](OC(C)(C)C)c1c(C)c2c3c(cc(C)n3C(C)CN2CCN(C)C)c1-c1ccc(C)cc1. The van der Waals surface area contributed by atoms with Gasteiger partial charge in [-0.25, -0.2) is 0 Å². The van der Waals surface area contributed by atoms with Crippen LogP contribution in [0.2, 0.25) is 0 Å². The highest BCUT2D eigenvalue weighted by Gasteiger charge is 2.35. The Kier molecular flexibility index (Phi) is 7.02. The van der Waals surface area contributed by atoms with Gasteiger partial charge in [-0.2, -0.15) is 0 Å². The number of nitrogens with zero attached hydrogens (tertiary/aromatic N) is 3. The van der Waals surface area contributed by atoms with E-state index in [0.717, 1.165) is 41.9 Å². The van der Waals surface area contributed by atoms with Gasteiger partial charge in [0.25, 0.3) is 0 Å². The molecule has 36 heavy (non-hydrogen) atoms. The van der Waals surface area contributed by atoms with E-state index in [2.05, 4.69) is 93.1 Å². The van der Waals surface area contributed by atoms with E-state index in [1.807, 2.05) is 20.8 Å². The van der Waals surface area contributed by atoms with Crippen molar-refractivity contribution < 1.29 is 9.84 Å². The molecule has 1 unspecified atom stereocenters. The third-order valence-electron chi connectivity index (χ3n) is 7.19. The molecular weight excluding hydrogens is 446 g/mol. The first kappa shape index (κ1) is 26.3. The molecule has 194 valence electrons. The van der Waals surface area contributed by atoms with Gasteiger partial charge in [-0.15, -0.1) is 0 Å². The van der Waals surface area contributed by atoms with E-state index in [1.54, 1.807) is 0 Å². The van der Waals surface area contributed by atoms with E-state index in [4.69, 9.17) is 4.74 Å². The summed E-state index contributed by atoms with van der Waals surface area (Å²) in [4.78, 5) is 4.76. The van der Waals surface area contributed by atoms with Gasteiger partial charge in [0.2, 0.25) is 0 Å². The molecule has 0 spiro atoms. The molecule has 0 saturated heterocycles. The third-order valence-corrected chi connectivity index (χ3v) is 7.19. The minimum atomic E-state index is -0.638. The lowest BCUT2D eigenvalue weighted by molar-refractivity contribution is -0.0594. The van der Waals surface area contributed by atoms with Gasteiger partial charge in [0.15, 0.2) is 0 Å². The Labute approximate surface area is 217 Å². The van der Waals surface area contributed by atoms with Crippen molar-refractivity contribution in [3.8, 4) is 11.1 Å². The average Bonchev–Trinajstić information content (AvgIpc) is 3.11. The van der Waals surface area contributed by atoms with Crippen LogP contribution in [-0.2, 0) is 4.74 Å². The van der Waals surface area contributed by atoms with Crippen LogP contribution in [-0.4, -0.2) is 53.9 Å². The summed E-state index contributed by atoms with van der Waals surface area (Å²) in [5.41, 5.74) is 8.94. The first-order chi connectivity index (χ1) is 16.8. The predicted octanol–water partition coefficient (Wildman–Crippen LogP) is 7.10. The Bertz CT molecular complexity index is 1280. The largest absolute Gasteiger partial charge is 0.510 e. The fourth-order valence-corrected chi connectivity index (χ4v) is 5.70. The lowest BCUT2D eigenvalue weighted by Crippen LogP contribution is -2.39. The number of benzene rings is 2. The second-order valence-electron chi connectivity index (χ2n) is 11.7. The summed E-state index contributed by atoms with van der Waals surface area (Å²) in [6.07, 6.45) is -0.638. The number of hydrogen-bond acceptors (Lipinski definition) is 4. The monoisotopic (exact) mass is 489 g/mol. The molecule has 1 aliphatic heterocycles. The lowest BCUT2D eigenvalue weighted by Gasteiger charge is -2.39. The number of hydrogen-bond donors (Lipinski definition) is 1. The van der Waals surface area contributed by atoms with Crippen molar-refractivity contribution in [2.45, 2.75) is 66.2 Å². The first-order valence-corrected chi connectivity index (χ1v) is 13.0. The molecule has 5 nitrogen and oxygen atoms in total. The van der Waals surface area contributed by atoms with Crippen molar-refractivity contribution in [3.05, 3.63) is 65.1 Å².